The summed E-state index contributed by atoms with van der Waals surface area (Å²) in [7, 11) is -9.91. The molecule has 0 aliphatic carbocycles. The standard InChI is InChI=1S/C76H148O17P2/c1-8-12-13-14-15-28-35-43-50-57-73(78)86-64-72(93-76(81)60-53-46-39-38-42-49-56-69(7)11-4)66-91-95(84,85)89-62-70(77)61-88-94(82,83)90-65-71(92-75(80)59-52-45-37-32-27-23-19-17-21-25-30-34-41-48-55-68(6)10-3)63-87-74(79)58-51-44-36-31-26-22-18-16-20-24-29-33-40-47-54-67(5)9-2/h67-72,77H,8-66H2,1-7H3,(H,82,83)(H,84,85)/t67?,68?,69?,70-,71-,72-/m1/s1. The molecule has 0 spiro atoms. The number of carbonyl (C=O) groups is 4. The molecule has 0 aromatic carbocycles. The van der Waals surface area contributed by atoms with E-state index in [4.69, 9.17) is 37.0 Å². The first kappa shape index (κ1) is 93.1. The van der Waals surface area contributed by atoms with E-state index in [9.17, 15) is 43.2 Å². The highest BCUT2D eigenvalue weighted by Crippen LogP contribution is 2.45. The van der Waals surface area contributed by atoms with Gasteiger partial charge in [0, 0.05) is 25.7 Å². The summed E-state index contributed by atoms with van der Waals surface area (Å²) >= 11 is 0. The van der Waals surface area contributed by atoms with Crippen LogP contribution in [0.2, 0.25) is 0 Å². The predicted octanol–water partition coefficient (Wildman–Crippen LogP) is 22.2. The third-order valence-corrected chi connectivity index (χ3v) is 20.6. The average molecular weight is 1400 g/mol. The Kier molecular flexibility index (Phi) is 65.2. The molecule has 0 radical (unpaired) electrons. The van der Waals surface area contributed by atoms with Gasteiger partial charge in [-0.3, -0.25) is 37.3 Å². The van der Waals surface area contributed by atoms with Crippen LogP contribution in [-0.2, 0) is 65.4 Å². The summed E-state index contributed by atoms with van der Waals surface area (Å²) in [4.78, 5) is 72.7. The Morgan fingerprint density at radius 3 is 0.747 bits per heavy atom. The molecule has 0 amide bonds. The third-order valence-electron chi connectivity index (χ3n) is 18.7. The average Bonchev–Trinajstić information content (AvgIpc) is 1.48. The van der Waals surface area contributed by atoms with Gasteiger partial charge in [-0.1, -0.05) is 337 Å². The fourth-order valence-electron chi connectivity index (χ4n) is 11.5. The molecule has 0 rings (SSSR count). The van der Waals surface area contributed by atoms with Gasteiger partial charge < -0.3 is 33.8 Å². The van der Waals surface area contributed by atoms with E-state index in [0.717, 1.165) is 108 Å². The van der Waals surface area contributed by atoms with Gasteiger partial charge in [0.2, 0.25) is 0 Å². The number of unbranched alkanes of at least 4 members (excludes halogenated alkanes) is 39. The Balaban J connectivity index is 5.22. The first-order valence-electron chi connectivity index (χ1n) is 39.5. The summed E-state index contributed by atoms with van der Waals surface area (Å²) in [5, 5.41) is 10.6. The number of aliphatic hydroxyl groups is 1. The minimum Gasteiger partial charge on any atom is -0.462 e. The molecule has 3 N–H and O–H groups in total. The van der Waals surface area contributed by atoms with Gasteiger partial charge in [0.05, 0.1) is 26.4 Å². The Morgan fingerprint density at radius 2 is 0.505 bits per heavy atom. The topological polar surface area (TPSA) is 237 Å². The molecule has 0 heterocycles. The van der Waals surface area contributed by atoms with Gasteiger partial charge in [-0.25, -0.2) is 9.13 Å². The molecule has 564 valence electrons. The maximum atomic E-state index is 13.1. The second-order valence-corrected chi connectivity index (χ2v) is 31.0. The monoisotopic (exact) mass is 1400 g/mol. The van der Waals surface area contributed by atoms with Crippen LogP contribution in [0, 0.1) is 17.8 Å². The Bertz CT molecular complexity index is 1860. The smallest absolute Gasteiger partial charge is 0.462 e. The molecule has 0 aromatic rings. The molecule has 0 aliphatic heterocycles. The summed E-state index contributed by atoms with van der Waals surface area (Å²) in [5.41, 5.74) is 0. The molecule has 8 atom stereocenters. The van der Waals surface area contributed by atoms with Crippen molar-refractivity contribution in [3.63, 3.8) is 0 Å². The molecule has 19 heteroatoms. The van der Waals surface area contributed by atoms with Crippen LogP contribution in [0.25, 0.3) is 0 Å². The van der Waals surface area contributed by atoms with Crippen molar-refractivity contribution in [2.45, 2.75) is 407 Å². The molecule has 0 saturated heterocycles. The van der Waals surface area contributed by atoms with Gasteiger partial charge in [-0.15, -0.1) is 0 Å². The van der Waals surface area contributed by atoms with E-state index in [1.807, 2.05) is 0 Å². The lowest BCUT2D eigenvalue weighted by molar-refractivity contribution is -0.161. The number of phosphoric ester groups is 2. The zero-order chi connectivity index (χ0) is 70.1. The number of phosphoric acid groups is 2. The quantitative estimate of drug-likeness (QED) is 0.0222. The van der Waals surface area contributed by atoms with E-state index < -0.39 is 97.5 Å². The van der Waals surface area contributed by atoms with E-state index >= 15 is 0 Å². The van der Waals surface area contributed by atoms with Crippen LogP contribution in [0.3, 0.4) is 0 Å². The lowest BCUT2D eigenvalue weighted by Gasteiger charge is -2.21. The number of ether oxygens (including phenoxy) is 4. The largest absolute Gasteiger partial charge is 0.472 e. The van der Waals surface area contributed by atoms with E-state index in [2.05, 4.69) is 48.5 Å². The van der Waals surface area contributed by atoms with Gasteiger partial charge in [0.1, 0.15) is 19.3 Å². The van der Waals surface area contributed by atoms with Crippen molar-refractivity contribution >= 4 is 39.5 Å². The van der Waals surface area contributed by atoms with Gasteiger partial charge in [-0.2, -0.15) is 0 Å². The van der Waals surface area contributed by atoms with Crippen LogP contribution >= 0.6 is 15.6 Å². The first-order valence-corrected chi connectivity index (χ1v) is 42.5. The number of aliphatic hydroxyl groups excluding tert-OH is 1. The van der Waals surface area contributed by atoms with Crippen molar-refractivity contribution in [2.24, 2.45) is 17.8 Å². The normalized spacial score (nSPS) is 14.9. The molecule has 0 fully saturated rings. The van der Waals surface area contributed by atoms with E-state index in [-0.39, 0.29) is 25.7 Å². The minimum absolute atomic E-state index is 0.103. The van der Waals surface area contributed by atoms with Crippen molar-refractivity contribution in [1.29, 1.82) is 0 Å². The molecule has 0 saturated carbocycles. The highest BCUT2D eigenvalue weighted by Gasteiger charge is 2.30. The Hall–Kier alpha value is -1.94. The van der Waals surface area contributed by atoms with Crippen LogP contribution in [-0.4, -0.2) is 96.7 Å². The number of rotatable bonds is 74. The van der Waals surface area contributed by atoms with Gasteiger partial charge in [-0.05, 0) is 43.4 Å². The summed E-state index contributed by atoms with van der Waals surface area (Å²) in [6, 6.07) is 0. The highest BCUT2D eigenvalue weighted by molar-refractivity contribution is 7.47. The fourth-order valence-corrected chi connectivity index (χ4v) is 13.1. The molecule has 0 aromatic heterocycles. The summed E-state index contributed by atoms with van der Waals surface area (Å²) in [5.74, 6) is 0.295. The lowest BCUT2D eigenvalue weighted by atomic mass is 9.99. The van der Waals surface area contributed by atoms with E-state index in [1.54, 1.807) is 0 Å². The Labute approximate surface area is 581 Å². The van der Waals surface area contributed by atoms with Crippen LogP contribution in [0.5, 0.6) is 0 Å². The first-order chi connectivity index (χ1) is 45.8. The molecule has 0 aliphatic rings. The van der Waals surface area contributed by atoms with Gasteiger partial charge in [0.15, 0.2) is 12.2 Å². The zero-order valence-corrected chi connectivity index (χ0v) is 63.9. The maximum Gasteiger partial charge on any atom is 0.472 e. The van der Waals surface area contributed by atoms with Crippen molar-refractivity contribution in [2.75, 3.05) is 39.6 Å². The van der Waals surface area contributed by atoms with Crippen molar-refractivity contribution in [3.8, 4) is 0 Å². The van der Waals surface area contributed by atoms with Gasteiger partial charge in [0.25, 0.3) is 0 Å². The number of esters is 4. The second kappa shape index (κ2) is 66.6. The molecule has 17 nitrogen and oxygen atoms in total. The van der Waals surface area contributed by atoms with Crippen molar-refractivity contribution < 1.29 is 80.2 Å². The van der Waals surface area contributed by atoms with Crippen LogP contribution in [0.15, 0.2) is 0 Å². The van der Waals surface area contributed by atoms with Crippen molar-refractivity contribution in [1.82, 2.24) is 0 Å². The number of hydrogen-bond acceptors (Lipinski definition) is 15. The molecule has 5 unspecified atom stereocenters. The molecule has 95 heavy (non-hydrogen) atoms. The summed E-state index contributed by atoms with van der Waals surface area (Å²) < 4.78 is 68.4. The number of hydrogen-bond donors (Lipinski definition) is 3. The predicted molar refractivity (Wildman–Crippen MR) is 386 cm³/mol. The zero-order valence-electron chi connectivity index (χ0n) is 62.1. The third kappa shape index (κ3) is 66.4. The Morgan fingerprint density at radius 1 is 0.295 bits per heavy atom. The molecule has 0 bridgehead atoms. The number of carbonyl (C=O) groups excluding carboxylic acids is 4. The second-order valence-electron chi connectivity index (χ2n) is 28.1. The fraction of sp³-hybridized carbons (Fsp3) is 0.947. The van der Waals surface area contributed by atoms with Crippen LogP contribution in [0.1, 0.15) is 389 Å². The van der Waals surface area contributed by atoms with Gasteiger partial charge >= 0.3 is 39.5 Å². The summed E-state index contributed by atoms with van der Waals surface area (Å²) in [6.07, 6.45) is 52.7. The van der Waals surface area contributed by atoms with Crippen LogP contribution in [0.4, 0.5) is 0 Å². The highest BCUT2D eigenvalue weighted by atomic mass is 31.2. The minimum atomic E-state index is -4.96. The molecular formula is C76H148O17P2. The lowest BCUT2D eigenvalue weighted by Crippen LogP contribution is -2.30. The van der Waals surface area contributed by atoms with E-state index in [0.29, 0.717) is 25.7 Å². The SMILES string of the molecule is CCCCCCCCCCCC(=O)OC[C@H](COP(=O)(O)OC[C@H](O)COP(=O)(O)OC[C@@H](COC(=O)CCCCCCCCCCCCCCCCC(C)CC)OC(=O)CCCCCCCCCCCCCCCCC(C)CC)OC(=O)CCCCCCCCC(C)CC. The van der Waals surface area contributed by atoms with Crippen molar-refractivity contribution in [3.05, 3.63) is 0 Å². The maximum absolute atomic E-state index is 13.1. The summed E-state index contributed by atoms with van der Waals surface area (Å²) in [6.45, 7) is 11.9. The van der Waals surface area contributed by atoms with Crippen LogP contribution < -0.4 is 0 Å². The molecular weight excluding hydrogens is 1250 g/mol. The van der Waals surface area contributed by atoms with E-state index in [1.165, 1.54) is 199 Å².